The third-order valence-electron chi connectivity index (χ3n) is 4.72. The summed E-state index contributed by atoms with van der Waals surface area (Å²) < 4.78 is 6.71. The summed E-state index contributed by atoms with van der Waals surface area (Å²) in [6.07, 6.45) is 0. The summed E-state index contributed by atoms with van der Waals surface area (Å²) in [5.41, 5.74) is 2.74. The number of para-hydroxylation sites is 1. The van der Waals surface area contributed by atoms with Crippen LogP contribution in [0.5, 0.6) is 0 Å². The van der Waals surface area contributed by atoms with Crippen LogP contribution in [0, 0.1) is 0 Å². The minimum atomic E-state index is -0.357. The molecule has 0 fully saturated rings. The lowest BCUT2D eigenvalue weighted by molar-refractivity contribution is 0.564. The molecule has 132 valence electrons. The van der Waals surface area contributed by atoms with E-state index in [9.17, 15) is 4.79 Å². The van der Waals surface area contributed by atoms with E-state index in [-0.39, 0.29) is 5.63 Å². The van der Waals surface area contributed by atoms with E-state index in [4.69, 9.17) is 4.42 Å². The van der Waals surface area contributed by atoms with Gasteiger partial charge in [-0.1, -0.05) is 18.2 Å². The molecule has 0 N–H and O–H groups in total. The molecular weight excluding hydrogens is 356 g/mol. The van der Waals surface area contributed by atoms with E-state index >= 15 is 0 Å². The van der Waals surface area contributed by atoms with Crippen molar-refractivity contribution in [1.82, 2.24) is 4.98 Å². The van der Waals surface area contributed by atoms with Gasteiger partial charge in [-0.3, -0.25) is 0 Å². The lowest BCUT2D eigenvalue weighted by atomic mass is 10.1. The smallest absolute Gasteiger partial charge is 0.346 e. The summed E-state index contributed by atoms with van der Waals surface area (Å²) in [7, 11) is 4.01. The van der Waals surface area contributed by atoms with Crippen LogP contribution in [-0.4, -0.2) is 19.1 Å². The Kier molecular flexibility index (Phi) is 3.52. The second-order valence-electron chi connectivity index (χ2n) is 6.75. The van der Waals surface area contributed by atoms with Gasteiger partial charge < -0.3 is 9.32 Å². The molecule has 5 aromatic rings. The van der Waals surface area contributed by atoms with E-state index in [1.807, 2.05) is 50.5 Å². The van der Waals surface area contributed by atoms with Gasteiger partial charge in [-0.25, -0.2) is 9.78 Å². The summed E-state index contributed by atoms with van der Waals surface area (Å²) in [4.78, 5) is 19.3. The topological polar surface area (TPSA) is 46.3 Å². The van der Waals surface area contributed by atoms with Crippen LogP contribution in [-0.2, 0) is 0 Å². The maximum atomic E-state index is 12.6. The first-order valence-corrected chi connectivity index (χ1v) is 9.45. The molecule has 5 rings (SSSR count). The van der Waals surface area contributed by atoms with Crippen LogP contribution in [0.2, 0.25) is 0 Å². The molecule has 0 bridgehead atoms. The number of hydrogen-bond donors (Lipinski definition) is 0. The fraction of sp³-hybridized carbons (Fsp3) is 0.0909. The Morgan fingerprint density at radius 1 is 0.926 bits per heavy atom. The van der Waals surface area contributed by atoms with E-state index in [0.29, 0.717) is 16.2 Å². The maximum Gasteiger partial charge on any atom is 0.346 e. The molecule has 2 aromatic heterocycles. The normalized spacial score (nSPS) is 11.5. The predicted molar refractivity (Wildman–Crippen MR) is 113 cm³/mol. The SMILES string of the molecule is CN(C)c1ccc2cc3cc(-c4nc5ccccc5s4)c(=O)oc3cc2c1. The van der Waals surface area contributed by atoms with Gasteiger partial charge in [-0.05, 0) is 53.2 Å². The standard InChI is InChI=1S/C22H16N2O2S/c1-24(2)16-8-7-13-9-15-11-17(22(25)26-19(15)12-14(13)10-16)21-23-18-5-3-4-6-20(18)27-21/h3-12H,1-2H3. The number of aromatic nitrogens is 1. The van der Waals surface area contributed by atoms with Crippen molar-refractivity contribution in [3.63, 3.8) is 0 Å². The van der Waals surface area contributed by atoms with Crippen molar-refractivity contribution in [1.29, 1.82) is 0 Å². The molecule has 0 radical (unpaired) electrons. The fourth-order valence-corrected chi connectivity index (χ4v) is 4.24. The van der Waals surface area contributed by atoms with Gasteiger partial charge in [0.25, 0.3) is 0 Å². The summed E-state index contributed by atoms with van der Waals surface area (Å²) in [6, 6.07) is 20.0. The lowest BCUT2D eigenvalue weighted by Gasteiger charge is -2.13. The summed E-state index contributed by atoms with van der Waals surface area (Å²) in [6.45, 7) is 0. The van der Waals surface area contributed by atoms with Crippen LogP contribution in [0.1, 0.15) is 0 Å². The number of nitrogens with zero attached hydrogens (tertiary/aromatic N) is 2. The molecule has 0 saturated heterocycles. The molecular formula is C22H16N2O2S. The van der Waals surface area contributed by atoms with Gasteiger partial charge in [0.05, 0.1) is 15.8 Å². The molecule has 0 aliphatic rings. The zero-order chi connectivity index (χ0) is 18.5. The Morgan fingerprint density at radius 2 is 1.78 bits per heavy atom. The second kappa shape index (κ2) is 5.93. The average Bonchev–Trinajstić information content (AvgIpc) is 3.09. The van der Waals surface area contributed by atoms with Crippen molar-refractivity contribution >= 4 is 49.0 Å². The Bertz CT molecular complexity index is 1350. The molecule has 0 spiro atoms. The molecule has 27 heavy (non-hydrogen) atoms. The van der Waals surface area contributed by atoms with Crippen LogP contribution in [0.4, 0.5) is 5.69 Å². The van der Waals surface area contributed by atoms with Crippen molar-refractivity contribution in [2.75, 3.05) is 19.0 Å². The molecule has 0 saturated carbocycles. The summed E-state index contributed by atoms with van der Waals surface area (Å²) in [5.74, 6) is 0. The van der Waals surface area contributed by atoms with Crippen molar-refractivity contribution in [2.45, 2.75) is 0 Å². The number of rotatable bonds is 2. The molecule has 0 amide bonds. The van der Waals surface area contributed by atoms with Gasteiger partial charge in [0.1, 0.15) is 10.6 Å². The van der Waals surface area contributed by atoms with E-state index in [0.717, 1.165) is 32.1 Å². The van der Waals surface area contributed by atoms with Gasteiger partial charge in [0, 0.05) is 25.2 Å². The van der Waals surface area contributed by atoms with Crippen LogP contribution >= 0.6 is 11.3 Å². The number of thiazole rings is 1. The monoisotopic (exact) mass is 372 g/mol. The van der Waals surface area contributed by atoms with Gasteiger partial charge in [-0.15, -0.1) is 11.3 Å². The summed E-state index contributed by atoms with van der Waals surface area (Å²) in [5, 5.41) is 3.74. The van der Waals surface area contributed by atoms with Gasteiger partial charge in [-0.2, -0.15) is 0 Å². The average molecular weight is 372 g/mol. The first-order chi connectivity index (χ1) is 13.1. The molecule has 2 heterocycles. The van der Waals surface area contributed by atoms with E-state index in [1.54, 1.807) is 0 Å². The van der Waals surface area contributed by atoms with Crippen LogP contribution in [0.15, 0.2) is 69.9 Å². The fourth-order valence-electron chi connectivity index (χ4n) is 3.27. The van der Waals surface area contributed by atoms with Crippen molar-refractivity contribution in [2.24, 2.45) is 0 Å². The Labute approximate surface area is 159 Å². The molecule has 0 atom stereocenters. The third-order valence-corrected chi connectivity index (χ3v) is 5.79. The highest BCUT2D eigenvalue weighted by Gasteiger charge is 2.13. The zero-order valence-electron chi connectivity index (χ0n) is 14.9. The molecule has 0 aliphatic heterocycles. The highest BCUT2D eigenvalue weighted by molar-refractivity contribution is 7.21. The predicted octanol–water partition coefficient (Wildman–Crippen LogP) is 5.29. The van der Waals surface area contributed by atoms with E-state index in [2.05, 4.69) is 34.1 Å². The number of hydrogen-bond acceptors (Lipinski definition) is 5. The first-order valence-electron chi connectivity index (χ1n) is 8.63. The zero-order valence-corrected chi connectivity index (χ0v) is 15.7. The Hall–Kier alpha value is -3.18. The highest BCUT2D eigenvalue weighted by atomic mass is 32.1. The lowest BCUT2D eigenvalue weighted by Crippen LogP contribution is -2.08. The highest BCUT2D eigenvalue weighted by Crippen LogP contribution is 2.31. The Morgan fingerprint density at radius 3 is 2.59 bits per heavy atom. The quantitative estimate of drug-likeness (QED) is 0.312. The van der Waals surface area contributed by atoms with Gasteiger partial charge in [0.2, 0.25) is 0 Å². The van der Waals surface area contributed by atoms with Gasteiger partial charge >= 0.3 is 5.63 Å². The van der Waals surface area contributed by atoms with Crippen molar-refractivity contribution in [3.8, 4) is 10.6 Å². The second-order valence-corrected chi connectivity index (χ2v) is 7.78. The van der Waals surface area contributed by atoms with Crippen LogP contribution in [0.3, 0.4) is 0 Å². The molecule has 0 aliphatic carbocycles. The van der Waals surface area contributed by atoms with Gasteiger partial charge in [0.15, 0.2) is 0 Å². The molecule has 5 heteroatoms. The number of fused-ring (bicyclic) bond motifs is 3. The minimum absolute atomic E-state index is 0.357. The van der Waals surface area contributed by atoms with Crippen LogP contribution in [0.25, 0.3) is 42.5 Å². The number of benzene rings is 3. The van der Waals surface area contributed by atoms with E-state index in [1.165, 1.54) is 11.3 Å². The molecule has 4 nitrogen and oxygen atoms in total. The molecule has 3 aromatic carbocycles. The van der Waals surface area contributed by atoms with Crippen molar-refractivity contribution < 1.29 is 4.42 Å². The summed E-state index contributed by atoms with van der Waals surface area (Å²) >= 11 is 1.51. The van der Waals surface area contributed by atoms with Crippen LogP contribution < -0.4 is 10.5 Å². The minimum Gasteiger partial charge on any atom is -0.422 e. The molecule has 0 unspecified atom stereocenters. The van der Waals surface area contributed by atoms with Crippen molar-refractivity contribution in [3.05, 3.63) is 71.1 Å². The largest absolute Gasteiger partial charge is 0.422 e. The Balaban J connectivity index is 1.72. The first kappa shape index (κ1) is 16.0. The van der Waals surface area contributed by atoms with E-state index < -0.39 is 0 Å². The number of anilines is 1. The third kappa shape index (κ3) is 2.67. The maximum absolute atomic E-state index is 12.6.